The summed E-state index contributed by atoms with van der Waals surface area (Å²) in [5.74, 6) is 1.62. The zero-order valence-electron chi connectivity index (χ0n) is 19.7. The van der Waals surface area contributed by atoms with Crippen molar-refractivity contribution < 1.29 is 14.3 Å². The number of allylic oxidation sites excluding steroid dienone is 1. The summed E-state index contributed by atoms with van der Waals surface area (Å²) in [4.78, 5) is 28.4. The van der Waals surface area contributed by atoms with Gasteiger partial charge < -0.3 is 20.4 Å². The third-order valence-electron chi connectivity index (χ3n) is 8.46. The maximum Gasteiger partial charge on any atom is 0.309 e. The van der Waals surface area contributed by atoms with Gasteiger partial charge in [0.05, 0.1) is 12.5 Å². The highest BCUT2D eigenvalue weighted by atomic mass is 16.5. The van der Waals surface area contributed by atoms with Gasteiger partial charge in [0.15, 0.2) is 0 Å². The molecular weight excluding hydrogens is 414 g/mol. The number of benzene rings is 1. The van der Waals surface area contributed by atoms with Gasteiger partial charge in [0.2, 0.25) is 0 Å². The summed E-state index contributed by atoms with van der Waals surface area (Å²) in [6.07, 6.45) is 7.35. The highest BCUT2D eigenvalue weighted by Crippen LogP contribution is 2.60. The minimum absolute atomic E-state index is 0.103. The van der Waals surface area contributed by atoms with Crippen LogP contribution in [0.15, 0.2) is 41.6 Å². The first-order valence-electron chi connectivity index (χ1n) is 12.5. The molecule has 0 radical (unpaired) electrons. The Morgan fingerprint density at radius 1 is 1.15 bits per heavy atom. The summed E-state index contributed by atoms with van der Waals surface area (Å²) < 4.78 is 5.28. The average molecular weight is 450 g/mol. The van der Waals surface area contributed by atoms with E-state index in [9.17, 15) is 9.59 Å². The Hall–Kier alpha value is -2.63. The van der Waals surface area contributed by atoms with Crippen molar-refractivity contribution >= 4 is 23.3 Å². The lowest BCUT2D eigenvalue weighted by Gasteiger charge is -2.40. The van der Waals surface area contributed by atoms with Gasteiger partial charge in [0.25, 0.3) is 5.91 Å². The van der Waals surface area contributed by atoms with Crippen LogP contribution in [0, 0.1) is 29.1 Å². The van der Waals surface area contributed by atoms with E-state index >= 15 is 0 Å². The van der Waals surface area contributed by atoms with Crippen molar-refractivity contribution in [2.24, 2.45) is 23.7 Å². The molecule has 0 aliphatic heterocycles. The monoisotopic (exact) mass is 449 g/mol. The smallest absolute Gasteiger partial charge is 0.309 e. The second-order valence-electron chi connectivity index (χ2n) is 10.6. The number of hydrogen-bond donors (Lipinski definition) is 2. The van der Waals surface area contributed by atoms with Gasteiger partial charge in [-0.25, -0.2) is 0 Å². The van der Waals surface area contributed by atoms with Gasteiger partial charge in [-0.1, -0.05) is 18.2 Å². The number of nitrogens with one attached hydrogen (secondary N) is 2. The summed E-state index contributed by atoms with van der Waals surface area (Å²) in [5, 5.41) is 12.2. The molecule has 6 heteroatoms. The maximum atomic E-state index is 14.0. The molecule has 5 aliphatic rings. The first-order chi connectivity index (χ1) is 15.9. The summed E-state index contributed by atoms with van der Waals surface area (Å²) in [5.41, 5.74) is 2.44. The van der Waals surface area contributed by atoms with Crippen molar-refractivity contribution in [3.05, 3.63) is 41.6 Å². The van der Waals surface area contributed by atoms with Crippen LogP contribution < -0.4 is 10.2 Å². The topological polar surface area (TPSA) is 82.5 Å². The van der Waals surface area contributed by atoms with Crippen LogP contribution >= 0.6 is 0 Å². The minimum Gasteiger partial charge on any atom is -0.466 e. The third kappa shape index (κ3) is 4.09. The second-order valence-corrected chi connectivity index (χ2v) is 10.6. The first kappa shape index (κ1) is 22.2. The molecule has 3 atom stereocenters. The Balaban J connectivity index is 1.48. The number of nitrogens with zero attached hydrogens (tertiary/aromatic N) is 1. The first-order valence-corrected chi connectivity index (χ1v) is 12.5. The molecule has 6 nitrogen and oxygen atoms in total. The molecule has 5 aliphatic carbocycles. The van der Waals surface area contributed by atoms with Crippen LogP contribution in [-0.4, -0.2) is 36.8 Å². The van der Waals surface area contributed by atoms with Crippen molar-refractivity contribution in [2.45, 2.75) is 63.8 Å². The lowest BCUT2D eigenvalue weighted by atomic mass is 9.75. The highest BCUT2D eigenvalue weighted by Gasteiger charge is 2.56. The largest absolute Gasteiger partial charge is 0.466 e. The molecule has 1 amide bonds. The molecule has 4 bridgehead atoms. The Morgan fingerprint density at radius 2 is 1.85 bits per heavy atom. The minimum atomic E-state index is -0.308. The van der Waals surface area contributed by atoms with Gasteiger partial charge in [-0.2, -0.15) is 0 Å². The lowest BCUT2D eigenvalue weighted by molar-refractivity contribution is -0.148. The van der Waals surface area contributed by atoms with Crippen LogP contribution in [-0.2, 0) is 14.3 Å². The summed E-state index contributed by atoms with van der Waals surface area (Å²) in [6.45, 7) is 2.15. The number of carbonyl (C=O) groups excluding carboxylic acids is 2. The third-order valence-corrected chi connectivity index (χ3v) is 8.46. The molecule has 3 unspecified atom stereocenters. The second kappa shape index (κ2) is 8.62. The Bertz CT molecular complexity index is 966. The summed E-state index contributed by atoms with van der Waals surface area (Å²) in [7, 11) is 1.89. The summed E-state index contributed by atoms with van der Waals surface area (Å²) in [6, 6.07) is 9.81. The fourth-order valence-corrected chi connectivity index (χ4v) is 7.18. The Morgan fingerprint density at radius 3 is 2.48 bits per heavy atom. The van der Waals surface area contributed by atoms with Crippen LogP contribution in [0.1, 0.15) is 58.3 Å². The van der Waals surface area contributed by atoms with Gasteiger partial charge >= 0.3 is 5.97 Å². The van der Waals surface area contributed by atoms with Gasteiger partial charge in [-0.05, 0) is 88.2 Å². The molecular formula is C27H35N3O3. The van der Waals surface area contributed by atoms with E-state index in [1.807, 2.05) is 49.2 Å². The van der Waals surface area contributed by atoms with Crippen LogP contribution in [0.25, 0.3) is 0 Å². The van der Waals surface area contributed by atoms with Crippen LogP contribution in [0.3, 0.4) is 0 Å². The molecule has 2 N–H and O–H groups in total. The van der Waals surface area contributed by atoms with Gasteiger partial charge in [0.1, 0.15) is 5.70 Å². The Labute approximate surface area is 196 Å². The van der Waals surface area contributed by atoms with Crippen molar-refractivity contribution in [2.75, 3.05) is 18.6 Å². The molecule has 176 valence electrons. The van der Waals surface area contributed by atoms with Crippen molar-refractivity contribution in [3.8, 4) is 0 Å². The van der Waals surface area contributed by atoms with Gasteiger partial charge in [-0.15, -0.1) is 0 Å². The number of amides is 1. The van der Waals surface area contributed by atoms with E-state index in [-0.39, 0.29) is 23.3 Å². The average Bonchev–Trinajstić information content (AvgIpc) is 3.21. The zero-order valence-corrected chi connectivity index (χ0v) is 19.7. The normalized spacial score (nSPS) is 33.7. The maximum absolute atomic E-state index is 14.0. The van der Waals surface area contributed by atoms with E-state index in [4.69, 9.17) is 10.1 Å². The SMILES string of the molecule is CCOC(=O)C1CCC(=N)/C(=C(/C(=O)NC23CC4CC(C2)C(C4)C3)N(C)c2ccccc2)C1. The van der Waals surface area contributed by atoms with Crippen molar-refractivity contribution in [1.82, 2.24) is 5.32 Å². The fraction of sp³-hybridized carbons (Fsp3) is 0.593. The van der Waals surface area contributed by atoms with E-state index in [2.05, 4.69) is 5.32 Å². The van der Waals surface area contributed by atoms with Gasteiger partial charge in [0, 0.05) is 29.6 Å². The van der Waals surface area contributed by atoms with Crippen LogP contribution in [0.5, 0.6) is 0 Å². The highest BCUT2D eigenvalue weighted by molar-refractivity contribution is 6.09. The molecule has 1 aromatic rings. The number of likely N-dealkylation sites (N-methyl/N-ethyl adjacent to an activating group) is 1. The van der Waals surface area contributed by atoms with Crippen LogP contribution in [0.2, 0.25) is 0 Å². The number of anilines is 1. The van der Waals surface area contributed by atoms with E-state index in [1.165, 1.54) is 12.8 Å². The Kier molecular flexibility index (Phi) is 5.79. The molecule has 5 fully saturated rings. The van der Waals surface area contributed by atoms with Crippen molar-refractivity contribution in [3.63, 3.8) is 0 Å². The molecule has 33 heavy (non-hydrogen) atoms. The number of para-hydroxylation sites is 1. The molecule has 0 aromatic heterocycles. The predicted molar refractivity (Wildman–Crippen MR) is 128 cm³/mol. The van der Waals surface area contributed by atoms with E-state index in [0.29, 0.717) is 42.9 Å². The molecule has 0 heterocycles. The fourth-order valence-electron chi connectivity index (χ4n) is 7.18. The quantitative estimate of drug-likeness (QED) is 0.496. The standard InChI is InChI=1S/C27H35N3O3/c1-3-33-26(32)18-9-10-23(28)22(13-18)24(30(2)21-7-5-4-6-8-21)25(31)29-27-14-17-11-19(15-27)20(12-17)16-27/h4-8,17-20,28H,3,9-16H2,1-2H3,(H,29,31)/b24-22-,28-23?. The number of rotatable bonds is 6. The predicted octanol–water partition coefficient (Wildman–Crippen LogP) is 4.45. The van der Waals surface area contributed by atoms with E-state index < -0.39 is 0 Å². The van der Waals surface area contributed by atoms with Crippen LogP contribution in [0.4, 0.5) is 5.69 Å². The number of carbonyl (C=O) groups is 2. The van der Waals surface area contributed by atoms with Crippen molar-refractivity contribution in [1.29, 1.82) is 5.41 Å². The lowest BCUT2D eigenvalue weighted by Crippen LogP contribution is -2.52. The number of hydrogen-bond acceptors (Lipinski definition) is 5. The number of ether oxygens (including phenoxy) is 1. The van der Waals surface area contributed by atoms with Gasteiger partial charge in [-0.3, -0.25) is 9.59 Å². The summed E-state index contributed by atoms with van der Waals surface area (Å²) >= 11 is 0. The molecule has 1 aromatic carbocycles. The molecule has 5 saturated carbocycles. The zero-order chi connectivity index (χ0) is 23.2. The molecule has 0 saturated heterocycles. The molecule has 6 rings (SSSR count). The van der Waals surface area contributed by atoms with E-state index in [0.717, 1.165) is 42.7 Å². The molecule has 0 spiro atoms. The van der Waals surface area contributed by atoms with E-state index in [1.54, 1.807) is 0 Å². The number of esters is 1.